The van der Waals surface area contributed by atoms with Crippen LogP contribution in [0.3, 0.4) is 0 Å². The smallest absolute Gasteiger partial charge is 0.297 e. The summed E-state index contributed by atoms with van der Waals surface area (Å²) in [6.45, 7) is 0. The Morgan fingerprint density at radius 1 is 1.50 bits per heavy atom. The van der Waals surface area contributed by atoms with Crippen LogP contribution in [0.4, 0.5) is 0 Å². The maximum atomic E-state index is 10.2. The average Bonchev–Trinajstić information content (AvgIpc) is 2.08. The Morgan fingerprint density at radius 3 is 2.30 bits per heavy atom. The molecule has 1 N–H and O–H groups in total. The number of rotatable bonds is 1. The Kier molecular flexibility index (Phi) is 2.89. The first kappa shape index (κ1) is 9.48. The van der Waals surface area contributed by atoms with E-state index in [9.17, 15) is 8.42 Å². The molecule has 0 aliphatic carbocycles. The van der Waals surface area contributed by atoms with Crippen molar-refractivity contribution in [3.05, 3.63) is 18.6 Å². The van der Waals surface area contributed by atoms with Crippen molar-refractivity contribution in [3.63, 3.8) is 0 Å². The molecule has 1 heterocycles. The van der Waals surface area contributed by atoms with E-state index in [0.717, 1.165) is 12.3 Å². The second-order valence-corrected chi connectivity index (χ2v) is 2.86. The monoisotopic (exact) mass is 184 g/mol. The van der Waals surface area contributed by atoms with Crippen molar-refractivity contribution in [3.8, 4) is 0 Å². The summed E-state index contributed by atoms with van der Waals surface area (Å²) in [7, 11) is -4.05. The molecule has 1 aromatic heterocycles. The lowest BCUT2D eigenvalue weighted by Crippen LogP contribution is -1.94. The van der Waals surface area contributed by atoms with Gasteiger partial charge in [0.25, 0.3) is 10.1 Å². The Morgan fingerprint density at radius 2 is 2.10 bits per heavy atom. The first-order valence-corrected chi connectivity index (χ1v) is 3.54. The SMILES string of the molecule is Cl.O=S(=O)(O)c1ccoc1. The van der Waals surface area contributed by atoms with Gasteiger partial charge in [0.1, 0.15) is 11.2 Å². The van der Waals surface area contributed by atoms with Crippen LogP contribution in [-0.2, 0) is 10.1 Å². The largest absolute Gasteiger partial charge is 0.471 e. The molecular formula is C4H5ClO4S. The molecule has 0 aromatic carbocycles. The molecule has 0 atom stereocenters. The highest BCUT2D eigenvalue weighted by atomic mass is 35.5. The maximum absolute atomic E-state index is 10.2. The zero-order chi connectivity index (χ0) is 6.91. The lowest BCUT2D eigenvalue weighted by molar-refractivity contribution is 0.480. The predicted molar refractivity (Wildman–Crippen MR) is 35.8 cm³/mol. The summed E-state index contributed by atoms with van der Waals surface area (Å²) < 4.78 is 33.1. The van der Waals surface area contributed by atoms with E-state index in [2.05, 4.69) is 4.42 Å². The van der Waals surface area contributed by atoms with Crippen LogP contribution in [0.15, 0.2) is 27.9 Å². The van der Waals surface area contributed by atoms with Crippen LogP contribution in [0.5, 0.6) is 0 Å². The minimum atomic E-state index is -4.05. The molecule has 0 spiro atoms. The van der Waals surface area contributed by atoms with Crippen LogP contribution in [-0.4, -0.2) is 13.0 Å². The van der Waals surface area contributed by atoms with Crippen LogP contribution in [0, 0.1) is 0 Å². The maximum Gasteiger partial charge on any atom is 0.297 e. The molecule has 4 nitrogen and oxygen atoms in total. The summed E-state index contributed by atoms with van der Waals surface area (Å²) in [6.07, 6.45) is 2.12. The van der Waals surface area contributed by atoms with E-state index < -0.39 is 10.1 Å². The zero-order valence-electron chi connectivity index (χ0n) is 4.72. The quantitative estimate of drug-likeness (QED) is 0.660. The van der Waals surface area contributed by atoms with Gasteiger partial charge in [-0.1, -0.05) is 0 Å². The molecule has 6 heteroatoms. The van der Waals surface area contributed by atoms with Crippen molar-refractivity contribution in [2.45, 2.75) is 4.90 Å². The molecule has 10 heavy (non-hydrogen) atoms. The van der Waals surface area contributed by atoms with E-state index in [0.29, 0.717) is 0 Å². The second-order valence-electron chi connectivity index (χ2n) is 1.43. The summed E-state index contributed by atoms with van der Waals surface area (Å²) in [5.74, 6) is 0. The Bertz CT molecular complexity index is 274. The molecular weight excluding hydrogens is 180 g/mol. The van der Waals surface area contributed by atoms with Crippen molar-refractivity contribution >= 4 is 22.5 Å². The fourth-order valence-electron chi connectivity index (χ4n) is 0.399. The normalized spacial score (nSPS) is 10.5. The first-order valence-electron chi connectivity index (χ1n) is 2.10. The van der Waals surface area contributed by atoms with Gasteiger partial charge in [0.05, 0.1) is 6.26 Å². The molecule has 0 saturated carbocycles. The number of hydrogen-bond acceptors (Lipinski definition) is 3. The van der Waals surface area contributed by atoms with Gasteiger partial charge in [-0.05, 0) is 6.07 Å². The van der Waals surface area contributed by atoms with Gasteiger partial charge in [0, 0.05) is 0 Å². The summed E-state index contributed by atoms with van der Waals surface area (Å²) in [4.78, 5) is -0.220. The van der Waals surface area contributed by atoms with E-state index in [1.54, 1.807) is 0 Å². The topological polar surface area (TPSA) is 67.5 Å². The van der Waals surface area contributed by atoms with Crippen LogP contribution in [0.2, 0.25) is 0 Å². The molecule has 58 valence electrons. The van der Waals surface area contributed by atoms with Gasteiger partial charge in [-0.25, -0.2) is 0 Å². The van der Waals surface area contributed by atoms with E-state index in [1.807, 2.05) is 0 Å². The molecule has 0 bridgehead atoms. The first-order chi connectivity index (χ1) is 4.11. The summed E-state index contributed by atoms with van der Waals surface area (Å²) in [5.41, 5.74) is 0. The number of hydrogen-bond donors (Lipinski definition) is 1. The molecule has 0 radical (unpaired) electrons. The summed E-state index contributed by atoms with van der Waals surface area (Å²) >= 11 is 0. The molecule has 0 saturated heterocycles. The average molecular weight is 185 g/mol. The lowest BCUT2D eigenvalue weighted by atomic mass is 10.7. The van der Waals surface area contributed by atoms with Gasteiger partial charge in [0.15, 0.2) is 0 Å². The van der Waals surface area contributed by atoms with Crippen molar-refractivity contribution in [2.75, 3.05) is 0 Å². The Balaban J connectivity index is 0.000000810. The minimum Gasteiger partial charge on any atom is -0.471 e. The second kappa shape index (κ2) is 3.05. The zero-order valence-corrected chi connectivity index (χ0v) is 6.35. The summed E-state index contributed by atoms with van der Waals surface area (Å²) in [6, 6.07) is 1.16. The molecule has 1 aromatic rings. The van der Waals surface area contributed by atoms with Crippen LogP contribution in [0.1, 0.15) is 0 Å². The van der Waals surface area contributed by atoms with Gasteiger partial charge >= 0.3 is 0 Å². The molecule has 1 rings (SSSR count). The van der Waals surface area contributed by atoms with Gasteiger partial charge in [0.2, 0.25) is 0 Å². The van der Waals surface area contributed by atoms with Crippen LogP contribution in [0.25, 0.3) is 0 Å². The van der Waals surface area contributed by atoms with E-state index in [4.69, 9.17) is 4.55 Å². The van der Waals surface area contributed by atoms with Gasteiger partial charge in [-0.15, -0.1) is 12.4 Å². The fraction of sp³-hybridized carbons (Fsp3) is 0. The molecule has 0 unspecified atom stereocenters. The highest BCUT2D eigenvalue weighted by Gasteiger charge is 2.08. The van der Waals surface area contributed by atoms with Gasteiger partial charge in [-0.3, -0.25) is 4.55 Å². The fourth-order valence-corrected chi connectivity index (χ4v) is 0.803. The Hall–Kier alpha value is -0.520. The van der Waals surface area contributed by atoms with Gasteiger partial charge < -0.3 is 4.42 Å². The standard InChI is InChI=1S/C4H4O4S.ClH/c5-9(6,7)4-1-2-8-3-4;/h1-3H,(H,5,6,7);1H. The minimum absolute atomic E-state index is 0. The van der Waals surface area contributed by atoms with E-state index in [1.165, 1.54) is 6.26 Å². The molecule has 0 amide bonds. The predicted octanol–water partition coefficient (Wildman–Crippen LogP) is 0.948. The molecule has 0 fully saturated rings. The number of furan rings is 1. The molecule has 0 aliphatic rings. The van der Waals surface area contributed by atoms with Gasteiger partial charge in [-0.2, -0.15) is 8.42 Å². The van der Waals surface area contributed by atoms with Crippen LogP contribution >= 0.6 is 12.4 Å². The third-order valence-corrected chi connectivity index (χ3v) is 1.62. The van der Waals surface area contributed by atoms with E-state index >= 15 is 0 Å². The van der Waals surface area contributed by atoms with E-state index in [-0.39, 0.29) is 17.3 Å². The summed E-state index contributed by atoms with van der Waals surface area (Å²) in [5, 5.41) is 0. The van der Waals surface area contributed by atoms with Crippen molar-refractivity contribution in [1.29, 1.82) is 0 Å². The number of halogens is 1. The highest BCUT2D eigenvalue weighted by molar-refractivity contribution is 7.85. The van der Waals surface area contributed by atoms with Crippen molar-refractivity contribution in [2.24, 2.45) is 0 Å². The highest BCUT2D eigenvalue weighted by Crippen LogP contribution is 2.06. The lowest BCUT2D eigenvalue weighted by Gasteiger charge is -1.83. The third-order valence-electron chi connectivity index (χ3n) is 0.793. The van der Waals surface area contributed by atoms with Crippen molar-refractivity contribution in [1.82, 2.24) is 0 Å². The van der Waals surface area contributed by atoms with Crippen molar-refractivity contribution < 1.29 is 17.4 Å². The van der Waals surface area contributed by atoms with Crippen LogP contribution < -0.4 is 0 Å². The molecule has 0 aliphatic heterocycles. The third kappa shape index (κ3) is 2.02. The Labute approximate surface area is 64.0 Å².